The summed E-state index contributed by atoms with van der Waals surface area (Å²) in [5, 5.41) is 13.5. The van der Waals surface area contributed by atoms with Crippen molar-refractivity contribution in [3.05, 3.63) is 93.6 Å². The summed E-state index contributed by atoms with van der Waals surface area (Å²) in [6.45, 7) is 2.23. The number of nitrogens with one attached hydrogen (secondary N) is 1. The fraction of sp³-hybridized carbons (Fsp3) is 0.314. The summed E-state index contributed by atoms with van der Waals surface area (Å²) in [5.41, 5.74) is 4.28. The number of para-hydroxylation sites is 1. The Morgan fingerprint density at radius 2 is 1.90 bits per heavy atom. The molecule has 0 aliphatic carbocycles. The van der Waals surface area contributed by atoms with Crippen molar-refractivity contribution in [3.8, 4) is 11.6 Å². The lowest BCUT2D eigenvalue weighted by atomic mass is 9.94. The summed E-state index contributed by atoms with van der Waals surface area (Å²) < 4.78 is 26.4. The molecule has 10 nitrogen and oxygen atoms in total. The highest BCUT2D eigenvalue weighted by Gasteiger charge is 2.26. The van der Waals surface area contributed by atoms with Gasteiger partial charge in [-0.2, -0.15) is 4.98 Å². The number of hydrogen-bond acceptors (Lipinski definition) is 10. The van der Waals surface area contributed by atoms with E-state index < -0.39 is 12.0 Å². The highest BCUT2D eigenvalue weighted by Crippen LogP contribution is 2.36. The van der Waals surface area contributed by atoms with Crippen molar-refractivity contribution in [3.63, 3.8) is 0 Å². The molecule has 0 atom stereocenters. The van der Waals surface area contributed by atoms with Crippen molar-refractivity contribution in [1.29, 1.82) is 0 Å². The average molecular weight is 690 g/mol. The molecule has 0 radical (unpaired) electrons. The molecule has 13 heteroatoms. The van der Waals surface area contributed by atoms with E-state index in [1.165, 1.54) is 28.7 Å². The molecule has 3 aromatic carbocycles. The van der Waals surface area contributed by atoms with Gasteiger partial charge in [0.05, 0.1) is 21.7 Å². The maximum absolute atomic E-state index is 14.7. The number of halogens is 1. The zero-order chi connectivity index (χ0) is 33.6. The zero-order valence-corrected chi connectivity index (χ0v) is 28.3. The first-order valence-corrected chi connectivity index (χ1v) is 17.4. The van der Waals surface area contributed by atoms with Crippen LogP contribution in [0.3, 0.4) is 0 Å². The fourth-order valence-corrected chi connectivity index (χ4v) is 7.58. The average Bonchev–Trinajstić information content (AvgIpc) is 3.66. The minimum Gasteiger partial charge on any atom is -0.491 e. The number of aryl methyl sites for hydroxylation is 2. The Hall–Kier alpha value is -4.59. The van der Waals surface area contributed by atoms with Gasteiger partial charge in [-0.05, 0) is 99.8 Å². The summed E-state index contributed by atoms with van der Waals surface area (Å²) in [6.07, 6.45) is 1.91. The predicted molar refractivity (Wildman–Crippen MR) is 187 cm³/mol. The first kappa shape index (κ1) is 33.3. The molecule has 1 amide bonds. The number of carboxylic acid groups (broad SMARTS) is 1. The maximum atomic E-state index is 14.7. The van der Waals surface area contributed by atoms with Gasteiger partial charge in [0, 0.05) is 18.7 Å². The lowest BCUT2D eigenvalue weighted by molar-refractivity contribution is 0.102. The number of aromatic nitrogens is 2. The van der Waals surface area contributed by atoms with Gasteiger partial charge >= 0.3 is 6.16 Å². The van der Waals surface area contributed by atoms with Gasteiger partial charge in [-0.1, -0.05) is 53.0 Å². The van der Waals surface area contributed by atoms with Crippen LogP contribution >= 0.6 is 22.7 Å². The van der Waals surface area contributed by atoms with E-state index >= 15 is 0 Å². The molecule has 2 N–H and O–H groups in total. The van der Waals surface area contributed by atoms with Gasteiger partial charge in [0.1, 0.15) is 0 Å². The van der Waals surface area contributed by atoms with Crippen LogP contribution in [0.1, 0.15) is 44.8 Å². The van der Waals surface area contributed by atoms with Crippen LogP contribution in [0.15, 0.2) is 60.7 Å². The third-order valence-corrected chi connectivity index (χ3v) is 10.1. The quantitative estimate of drug-likeness (QED) is 0.0973. The number of amides is 1. The molecule has 0 saturated heterocycles. The molecule has 0 fully saturated rings. The zero-order valence-electron chi connectivity index (χ0n) is 26.7. The van der Waals surface area contributed by atoms with Crippen LogP contribution in [0, 0.1) is 5.82 Å². The molecule has 0 bridgehead atoms. The molecular weight excluding hydrogens is 654 g/mol. The lowest BCUT2D eigenvalue weighted by Crippen LogP contribution is -2.32. The molecule has 1 aliphatic heterocycles. The van der Waals surface area contributed by atoms with E-state index in [0.29, 0.717) is 53.1 Å². The molecule has 5 aromatic rings. The third-order valence-electron chi connectivity index (χ3n) is 8.01. The monoisotopic (exact) mass is 689 g/mol. The minimum atomic E-state index is -1.45. The molecule has 2 aromatic heterocycles. The highest BCUT2D eigenvalue weighted by atomic mass is 32.1. The van der Waals surface area contributed by atoms with Crippen LogP contribution in [0.25, 0.3) is 10.2 Å². The standard InChI is InChI=1S/C35H36FN5O5S2/c1-40(2)17-6-8-22-14-15-28(26(36)20-22)45-19-7-13-30-32(46-35(43)44)39-34(48-30)41-18-16-23-9-5-10-24(25(23)21-41)31(42)38-33-37-27-11-3-4-12-29(27)47-33/h3-5,9-12,14-15,20H,6-8,13,16-19,21H2,1-2H3,(H,43,44)(H,37,38,42). The third kappa shape index (κ3) is 8.09. The molecule has 0 saturated carbocycles. The number of thiazole rings is 2. The molecule has 1 aliphatic rings. The molecule has 3 heterocycles. The van der Waals surface area contributed by atoms with E-state index in [2.05, 4.69) is 20.2 Å². The Bertz CT molecular complexity index is 1890. The first-order valence-electron chi connectivity index (χ1n) is 15.7. The molecule has 48 heavy (non-hydrogen) atoms. The van der Waals surface area contributed by atoms with Crippen LogP contribution in [0.2, 0.25) is 0 Å². The number of carbonyl (C=O) groups is 2. The second-order valence-corrected chi connectivity index (χ2v) is 13.9. The first-order chi connectivity index (χ1) is 23.2. The lowest BCUT2D eigenvalue weighted by Gasteiger charge is -2.29. The minimum absolute atomic E-state index is 0.0309. The second kappa shape index (κ2) is 15.1. The van der Waals surface area contributed by atoms with Crippen molar-refractivity contribution in [2.45, 2.75) is 38.6 Å². The SMILES string of the molecule is CN(C)CCCc1ccc(OCCCc2sc(N3CCc4cccc(C(=O)Nc5nc6ccccc6s5)c4C3)nc2OC(=O)O)c(F)c1. The van der Waals surface area contributed by atoms with E-state index in [-0.39, 0.29) is 24.1 Å². The molecule has 0 unspecified atom stereocenters. The van der Waals surface area contributed by atoms with Crippen LogP contribution in [-0.4, -0.2) is 65.8 Å². The molecule has 0 spiro atoms. The number of hydrogen-bond donors (Lipinski definition) is 2. The summed E-state index contributed by atoms with van der Waals surface area (Å²) in [4.78, 5) is 38.8. The second-order valence-electron chi connectivity index (χ2n) is 11.8. The Kier molecular flexibility index (Phi) is 10.5. The van der Waals surface area contributed by atoms with Gasteiger partial charge in [-0.3, -0.25) is 10.1 Å². The number of benzene rings is 3. The number of nitrogens with zero attached hydrogens (tertiary/aromatic N) is 4. The summed E-state index contributed by atoms with van der Waals surface area (Å²) in [7, 11) is 4.02. The number of anilines is 2. The van der Waals surface area contributed by atoms with Gasteiger partial charge in [0.15, 0.2) is 21.8 Å². The van der Waals surface area contributed by atoms with Gasteiger partial charge in [-0.25, -0.2) is 14.2 Å². The van der Waals surface area contributed by atoms with E-state index in [9.17, 15) is 19.1 Å². The van der Waals surface area contributed by atoms with Crippen molar-refractivity contribution < 1.29 is 28.6 Å². The van der Waals surface area contributed by atoms with E-state index in [1.54, 1.807) is 12.1 Å². The Balaban J connectivity index is 1.10. The van der Waals surface area contributed by atoms with Gasteiger partial charge in [0.25, 0.3) is 5.91 Å². The summed E-state index contributed by atoms with van der Waals surface area (Å²) in [5.74, 6) is -0.416. The van der Waals surface area contributed by atoms with Crippen molar-refractivity contribution in [1.82, 2.24) is 14.9 Å². The van der Waals surface area contributed by atoms with Crippen LogP contribution in [0.4, 0.5) is 19.4 Å². The topological polar surface area (TPSA) is 117 Å². The summed E-state index contributed by atoms with van der Waals surface area (Å²) in [6, 6.07) is 18.5. The van der Waals surface area contributed by atoms with E-state index in [0.717, 1.165) is 46.3 Å². The van der Waals surface area contributed by atoms with Crippen LogP contribution in [0.5, 0.6) is 11.6 Å². The van der Waals surface area contributed by atoms with Gasteiger partial charge in [0.2, 0.25) is 5.88 Å². The highest BCUT2D eigenvalue weighted by molar-refractivity contribution is 7.22. The van der Waals surface area contributed by atoms with Crippen molar-refractivity contribution >= 4 is 55.2 Å². The number of carbonyl (C=O) groups excluding carboxylic acids is 1. The normalized spacial score (nSPS) is 12.7. The smallest absolute Gasteiger partial charge is 0.491 e. The molecule has 250 valence electrons. The number of rotatable bonds is 13. The van der Waals surface area contributed by atoms with E-state index in [4.69, 9.17) is 9.47 Å². The van der Waals surface area contributed by atoms with Gasteiger partial charge in [-0.15, -0.1) is 0 Å². The molecular formula is C35H36FN5O5S2. The van der Waals surface area contributed by atoms with E-state index in [1.807, 2.05) is 61.5 Å². The maximum Gasteiger partial charge on any atom is 0.512 e. The number of fused-ring (bicyclic) bond motifs is 2. The summed E-state index contributed by atoms with van der Waals surface area (Å²) >= 11 is 2.77. The fourth-order valence-electron chi connectivity index (χ4n) is 5.66. The Morgan fingerprint density at radius 3 is 2.69 bits per heavy atom. The van der Waals surface area contributed by atoms with Crippen molar-refractivity contribution in [2.75, 3.05) is 44.0 Å². The molecule has 6 rings (SSSR count). The van der Waals surface area contributed by atoms with Crippen LogP contribution < -0.4 is 19.7 Å². The number of ether oxygens (including phenoxy) is 2. The Labute approximate surface area is 285 Å². The van der Waals surface area contributed by atoms with Crippen molar-refractivity contribution in [2.24, 2.45) is 0 Å². The van der Waals surface area contributed by atoms with Crippen LogP contribution in [-0.2, 0) is 25.8 Å². The predicted octanol–water partition coefficient (Wildman–Crippen LogP) is 7.27. The Morgan fingerprint density at radius 1 is 1.04 bits per heavy atom. The largest absolute Gasteiger partial charge is 0.512 e. The van der Waals surface area contributed by atoms with Gasteiger partial charge < -0.3 is 24.4 Å².